The van der Waals surface area contributed by atoms with E-state index in [4.69, 9.17) is 0 Å². The Labute approximate surface area is 118 Å². The fourth-order valence-corrected chi connectivity index (χ4v) is 3.01. The normalized spacial score (nSPS) is 16.9. The van der Waals surface area contributed by atoms with Crippen LogP contribution in [0.25, 0.3) is 0 Å². The van der Waals surface area contributed by atoms with Crippen LogP contribution < -0.4 is 10.2 Å². The molecule has 1 aliphatic rings. The zero-order chi connectivity index (χ0) is 13.8. The van der Waals surface area contributed by atoms with Gasteiger partial charge in [0.25, 0.3) is 0 Å². The summed E-state index contributed by atoms with van der Waals surface area (Å²) in [5.41, 5.74) is 1.08. The Bertz CT molecular complexity index is 424. The van der Waals surface area contributed by atoms with Gasteiger partial charge < -0.3 is 10.2 Å². The lowest BCUT2D eigenvalue weighted by Gasteiger charge is -2.34. The number of hydrogen-bond donors (Lipinski definition) is 1. The van der Waals surface area contributed by atoms with Crippen LogP contribution in [0.15, 0.2) is 5.38 Å². The second kappa shape index (κ2) is 6.34. The molecule has 1 aliphatic heterocycles. The molecule has 0 aliphatic carbocycles. The van der Waals surface area contributed by atoms with Crippen molar-refractivity contribution in [3.8, 4) is 0 Å². The van der Waals surface area contributed by atoms with Crippen LogP contribution in [0.5, 0.6) is 0 Å². The molecular weight excluding hydrogens is 260 g/mol. The van der Waals surface area contributed by atoms with E-state index in [1.54, 1.807) is 11.3 Å². The summed E-state index contributed by atoms with van der Waals surface area (Å²) in [6.07, 6.45) is 0. The third-order valence-electron chi connectivity index (χ3n) is 3.07. The van der Waals surface area contributed by atoms with Gasteiger partial charge in [0.05, 0.1) is 12.2 Å². The van der Waals surface area contributed by atoms with Crippen LogP contribution in [0.1, 0.15) is 19.5 Å². The van der Waals surface area contributed by atoms with E-state index in [1.807, 2.05) is 20.8 Å². The van der Waals surface area contributed by atoms with Gasteiger partial charge in [-0.1, -0.05) is 0 Å². The summed E-state index contributed by atoms with van der Waals surface area (Å²) in [5.74, 6) is 0.119. The molecule has 0 bridgehead atoms. The predicted octanol–water partition coefficient (Wildman–Crippen LogP) is 1.10. The fourth-order valence-electron chi connectivity index (χ4n) is 2.15. The Hall–Kier alpha value is -1.14. The van der Waals surface area contributed by atoms with Crippen molar-refractivity contribution in [1.82, 2.24) is 15.2 Å². The first-order chi connectivity index (χ1) is 9.04. The summed E-state index contributed by atoms with van der Waals surface area (Å²) in [5, 5.41) is 6.11. The van der Waals surface area contributed by atoms with Gasteiger partial charge in [-0.25, -0.2) is 4.98 Å². The number of rotatable bonds is 4. The number of aromatic nitrogens is 1. The third-order valence-corrected chi connectivity index (χ3v) is 4.09. The number of carbonyl (C=O) groups excluding carboxylic acids is 1. The van der Waals surface area contributed by atoms with Crippen molar-refractivity contribution in [2.75, 3.05) is 37.6 Å². The summed E-state index contributed by atoms with van der Waals surface area (Å²) in [6.45, 7) is 10.2. The maximum absolute atomic E-state index is 11.7. The molecule has 1 amide bonds. The molecule has 1 N–H and O–H groups in total. The molecule has 2 heterocycles. The van der Waals surface area contributed by atoms with E-state index in [2.05, 4.69) is 25.5 Å². The number of thiazole rings is 1. The maximum Gasteiger partial charge on any atom is 0.234 e. The predicted molar refractivity (Wildman–Crippen MR) is 78.8 cm³/mol. The number of aryl methyl sites for hydroxylation is 1. The number of amides is 1. The highest BCUT2D eigenvalue weighted by atomic mass is 32.1. The monoisotopic (exact) mass is 282 g/mol. The van der Waals surface area contributed by atoms with E-state index in [-0.39, 0.29) is 11.9 Å². The number of hydrogen-bond acceptors (Lipinski definition) is 5. The summed E-state index contributed by atoms with van der Waals surface area (Å²) in [7, 11) is 0. The molecule has 0 spiro atoms. The molecule has 1 fully saturated rings. The highest BCUT2D eigenvalue weighted by Gasteiger charge is 2.20. The SMILES string of the molecule is Cc1csc(N2CCN(CC(=O)NC(C)C)CC2)n1. The molecule has 0 aromatic carbocycles. The van der Waals surface area contributed by atoms with Crippen LogP contribution in [-0.4, -0.2) is 54.6 Å². The van der Waals surface area contributed by atoms with E-state index < -0.39 is 0 Å². The molecule has 0 radical (unpaired) electrons. The first-order valence-electron chi connectivity index (χ1n) is 6.73. The van der Waals surface area contributed by atoms with Gasteiger partial charge >= 0.3 is 0 Å². The van der Waals surface area contributed by atoms with E-state index in [0.717, 1.165) is 37.0 Å². The number of nitrogens with zero attached hydrogens (tertiary/aromatic N) is 3. The molecule has 1 aromatic rings. The van der Waals surface area contributed by atoms with Gasteiger partial charge in [0, 0.05) is 37.6 Å². The van der Waals surface area contributed by atoms with Crippen LogP contribution in [0.3, 0.4) is 0 Å². The van der Waals surface area contributed by atoms with Crippen LogP contribution in [0.4, 0.5) is 5.13 Å². The summed E-state index contributed by atoms with van der Waals surface area (Å²) >= 11 is 1.70. The van der Waals surface area contributed by atoms with Crippen molar-refractivity contribution < 1.29 is 4.79 Å². The smallest absolute Gasteiger partial charge is 0.234 e. The average Bonchev–Trinajstić information content (AvgIpc) is 2.75. The summed E-state index contributed by atoms with van der Waals surface area (Å²) < 4.78 is 0. The molecular formula is C13H22N4OS. The first-order valence-corrected chi connectivity index (χ1v) is 7.61. The van der Waals surface area contributed by atoms with Crippen molar-refractivity contribution in [3.05, 3.63) is 11.1 Å². The van der Waals surface area contributed by atoms with Crippen LogP contribution in [0, 0.1) is 6.92 Å². The first kappa shape index (κ1) is 14.3. The molecule has 19 heavy (non-hydrogen) atoms. The third kappa shape index (κ3) is 4.18. The van der Waals surface area contributed by atoms with Gasteiger partial charge in [0.2, 0.25) is 5.91 Å². The molecule has 0 saturated carbocycles. The van der Waals surface area contributed by atoms with Crippen molar-refractivity contribution in [2.24, 2.45) is 0 Å². The molecule has 1 aromatic heterocycles. The average molecular weight is 282 g/mol. The molecule has 1 saturated heterocycles. The Kier molecular flexibility index (Phi) is 4.76. The second-order valence-corrected chi connectivity index (χ2v) is 6.09. The molecule has 2 rings (SSSR count). The minimum Gasteiger partial charge on any atom is -0.353 e. The molecule has 106 valence electrons. The zero-order valence-corrected chi connectivity index (χ0v) is 12.7. The van der Waals surface area contributed by atoms with Crippen molar-refractivity contribution in [2.45, 2.75) is 26.8 Å². The quantitative estimate of drug-likeness (QED) is 0.898. The largest absolute Gasteiger partial charge is 0.353 e. The van der Waals surface area contributed by atoms with E-state index in [1.165, 1.54) is 0 Å². The van der Waals surface area contributed by atoms with Crippen LogP contribution in [-0.2, 0) is 4.79 Å². The molecule has 0 atom stereocenters. The number of nitrogens with one attached hydrogen (secondary N) is 1. The zero-order valence-electron chi connectivity index (χ0n) is 11.8. The summed E-state index contributed by atoms with van der Waals surface area (Å²) in [4.78, 5) is 20.7. The Morgan fingerprint density at radius 1 is 1.42 bits per heavy atom. The lowest BCUT2D eigenvalue weighted by atomic mass is 10.3. The Morgan fingerprint density at radius 2 is 2.11 bits per heavy atom. The number of anilines is 1. The van der Waals surface area contributed by atoms with Gasteiger partial charge in [-0.05, 0) is 20.8 Å². The fraction of sp³-hybridized carbons (Fsp3) is 0.692. The number of carbonyl (C=O) groups is 1. The lowest BCUT2D eigenvalue weighted by Crippen LogP contribution is -2.50. The van der Waals surface area contributed by atoms with Gasteiger partial charge in [-0.2, -0.15) is 0 Å². The summed E-state index contributed by atoms with van der Waals surface area (Å²) in [6, 6.07) is 0.215. The van der Waals surface area contributed by atoms with Gasteiger partial charge in [-0.3, -0.25) is 9.69 Å². The van der Waals surface area contributed by atoms with E-state index in [0.29, 0.717) is 6.54 Å². The Balaban J connectivity index is 1.78. The standard InChI is InChI=1S/C13H22N4OS/c1-10(2)14-12(18)8-16-4-6-17(7-5-16)13-15-11(3)9-19-13/h9-10H,4-8H2,1-3H3,(H,14,18). The minimum absolute atomic E-state index is 0.119. The number of piperazine rings is 1. The second-order valence-electron chi connectivity index (χ2n) is 5.26. The molecule has 6 heteroatoms. The highest BCUT2D eigenvalue weighted by Crippen LogP contribution is 2.21. The maximum atomic E-state index is 11.7. The topological polar surface area (TPSA) is 48.5 Å². The highest BCUT2D eigenvalue weighted by molar-refractivity contribution is 7.13. The van der Waals surface area contributed by atoms with Crippen molar-refractivity contribution in [1.29, 1.82) is 0 Å². The van der Waals surface area contributed by atoms with E-state index >= 15 is 0 Å². The van der Waals surface area contributed by atoms with Gasteiger partial charge in [0.1, 0.15) is 0 Å². The minimum atomic E-state index is 0.119. The van der Waals surface area contributed by atoms with Crippen LogP contribution in [0.2, 0.25) is 0 Å². The molecule has 0 unspecified atom stereocenters. The van der Waals surface area contributed by atoms with Crippen molar-refractivity contribution in [3.63, 3.8) is 0 Å². The van der Waals surface area contributed by atoms with Gasteiger partial charge in [0.15, 0.2) is 5.13 Å². The Morgan fingerprint density at radius 3 is 2.63 bits per heavy atom. The van der Waals surface area contributed by atoms with Gasteiger partial charge in [-0.15, -0.1) is 11.3 Å². The molecule has 5 nitrogen and oxygen atoms in total. The van der Waals surface area contributed by atoms with Crippen LogP contribution >= 0.6 is 11.3 Å². The lowest BCUT2D eigenvalue weighted by molar-refractivity contribution is -0.122. The van der Waals surface area contributed by atoms with Crippen molar-refractivity contribution >= 4 is 22.4 Å². The van der Waals surface area contributed by atoms with E-state index in [9.17, 15) is 4.79 Å².